The van der Waals surface area contributed by atoms with Crippen molar-refractivity contribution in [2.45, 2.75) is 31.2 Å². The van der Waals surface area contributed by atoms with Crippen molar-refractivity contribution in [3.63, 3.8) is 0 Å². The number of carbonyl (C=O) groups is 1. The lowest BCUT2D eigenvalue weighted by Gasteiger charge is -2.16. The predicted molar refractivity (Wildman–Crippen MR) is 115 cm³/mol. The van der Waals surface area contributed by atoms with Crippen LogP contribution in [-0.2, 0) is 21.4 Å². The highest BCUT2D eigenvalue weighted by Crippen LogP contribution is 2.32. The number of anilines is 1. The Morgan fingerprint density at radius 2 is 1.97 bits per heavy atom. The number of sulfonamides is 1. The van der Waals surface area contributed by atoms with E-state index in [-0.39, 0.29) is 23.3 Å². The number of nitrogens with one attached hydrogen (secondary N) is 1. The van der Waals surface area contributed by atoms with Crippen LogP contribution in [-0.4, -0.2) is 30.8 Å². The third kappa shape index (κ3) is 4.78. The van der Waals surface area contributed by atoms with E-state index in [2.05, 4.69) is 10.5 Å². The molecular formula is C22H23N3O5S. The Bertz CT molecular complexity index is 1190. The van der Waals surface area contributed by atoms with Crippen molar-refractivity contribution in [3.8, 4) is 0 Å². The number of nitrogens with zero attached hydrogens (tertiary/aromatic N) is 2. The Hall–Kier alpha value is -3.17. The fourth-order valence-electron chi connectivity index (χ4n) is 3.03. The third-order valence-corrected chi connectivity index (χ3v) is 6.88. The largest absolute Gasteiger partial charge is 0.468 e. The molecule has 1 aliphatic rings. The SMILES string of the molecule is Cc1noc(/C=C\c2ccc(S(=O)(=O)N(C)Cc3ccco3)cc2)c1NC(=O)C1CC1. The van der Waals surface area contributed by atoms with Gasteiger partial charge in [0, 0.05) is 13.0 Å². The molecule has 1 saturated carbocycles. The number of hydrogen-bond donors (Lipinski definition) is 1. The number of rotatable bonds is 8. The predicted octanol–water partition coefficient (Wildman–Crippen LogP) is 3.92. The first kappa shape index (κ1) is 21.1. The molecule has 0 bridgehead atoms. The van der Waals surface area contributed by atoms with E-state index < -0.39 is 10.0 Å². The molecule has 0 radical (unpaired) electrons. The van der Waals surface area contributed by atoms with E-state index in [4.69, 9.17) is 8.94 Å². The zero-order chi connectivity index (χ0) is 22.0. The summed E-state index contributed by atoms with van der Waals surface area (Å²) in [6.07, 6.45) is 6.81. The first-order chi connectivity index (χ1) is 14.8. The molecule has 0 saturated heterocycles. The first-order valence-electron chi connectivity index (χ1n) is 9.88. The lowest BCUT2D eigenvalue weighted by Crippen LogP contribution is -2.26. The summed E-state index contributed by atoms with van der Waals surface area (Å²) in [5.74, 6) is 1.07. The minimum Gasteiger partial charge on any atom is -0.468 e. The Morgan fingerprint density at radius 1 is 1.23 bits per heavy atom. The zero-order valence-corrected chi connectivity index (χ0v) is 18.1. The van der Waals surface area contributed by atoms with Crippen LogP contribution in [0.15, 0.2) is 56.5 Å². The lowest BCUT2D eigenvalue weighted by atomic mass is 10.2. The van der Waals surface area contributed by atoms with Gasteiger partial charge in [-0.15, -0.1) is 0 Å². The molecule has 9 heteroatoms. The Labute approximate surface area is 180 Å². The molecule has 3 aromatic rings. The van der Waals surface area contributed by atoms with Crippen molar-refractivity contribution in [2.24, 2.45) is 5.92 Å². The van der Waals surface area contributed by atoms with Gasteiger partial charge >= 0.3 is 0 Å². The molecule has 31 heavy (non-hydrogen) atoms. The van der Waals surface area contributed by atoms with E-state index in [1.165, 1.54) is 17.6 Å². The lowest BCUT2D eigenvalue weighted by molar-refractivity contribution is -0.117. The summed E-state index contributed by atoms with van der Waals surface area (Å²) >= 11 is 0. The van der Waals surface area contributed by atoms with Gasteiger partial charge in [-0.05, 0) is 55.7 Å². The number of hydrogen-bond acceptors (Lipinski definition) is 6. The van der Waals surface area contributed by atoms with E-state index in [0.717, 1.165) is 18.4 Å². The topological polar surface area (TPSA) is 106 Å². The summed E-state index contributed by atoms with van der Waals surface area (Å²) in [6, 6.07) is 9.96. The maximum atomic E-state index is 12.8. The molecule has 1 aliphatic carbocycles. The molecule has 2 aromatic heterocycles. The second kappa shape index (κ2) is 8.52. The van der Waals surface area contributed by atoms with Crippen molar-refractivity contribution < 1.29 is 22.2 Å². The monoisotopic (exact) mass is 441 g/mol. The van der Waals surface area contributed by atoms with E-state index in [9.17, 15) is 13.2 Å². The summed E-state index contributed by atoms with van der Waals surface area (Å²) in [5, 5.41) is 6.80. The molecule has 1 aromatic carbocycles. The normalized spacial score (nSPS) is 14.4. The second-order valence-electron chi connectivity index (χ2n) is 7.51. The third-order valence-electron chi connectivity index (χ3n) is 5.06. The van der Waals surface area contributed by atoms with Crippen LogP contribution in [0.5, 0.6) is 0 Å². The van der Waals surface area contributed by atoms with Gasteiger partial charge in [0.2, 0.25) is 15.9 Å². The Balaban J connectivity index is 1.46. The highest BCUT2D eigenvalue weighted by Gasteiger charge is 2.30. The van der Waals surface area contributed by atoms with Crippen molar-refractivity contribution in [1.82, 2.24) is 9.46 Å². The van der Waals surface area contributed by atoms with E-state index in [0.29, 0.717) is 22.9 Å². The van der Waals surface area contributed by atoms with Gasteiger partial charge in [-0.3, -0.25) is 4.79 Å². The summed E-state index contributed by atoms with van der Waals surface area (Å²) < 4.78 is 37.3. The number of furan rings is 1. The molecule has 8 nitrogen and oxygen atoms in total. The van der Waals surface area contributed by atoms with Crippen molar-refractivity contribution >= 4 is 33.8 Å². The second-order valence-corrected chi connectivity index (χ2v) is 9.56. The fraction of sp³-hybridized carbons (Fsp3) is 0.273. The molecule has 1 fully saturated rings. The highest BCUT2D eigenvalue weighted by atomic mass is 32.2. The van der Waals surface area contributed by atoms with Crippen LogP contribution in [0.4, 0.5) is 5.69 Å². The zero-order valence-electron chi connectivity index (χ0n) is 17.2. The number of carbonyl (C=O) groups excluding carboxylic acids is 1. The summed E-state index contributed by atoms with van der Waals surface area (Å²) in [7, 11) is -2.14. The van der Waals surface area contributed by atoms with Gasteiger partial charge in [0.25, 0.3) is 0 Å². The summed E-state index contributed by atoms with van der Waals surface area (Å²) in [5.41, 5.74) is 1.95. The minimum absolute atomic E-state index is 0.0193. The van der Waals surface area contributed by atoms with Crippen molar-refractivity contribution in [2.75, 3.05) is 12.4 Å². The van der Waals surface area contributed by atoms with Crippen LogP contribution in [0.3, 0.4) is 0 Å². The molecule has 1 amide bonds. The molecule has 1 N–H and O–H groups in total. The van der Waals surface area contributed by atoms with Crippen LogP contribution >= 0.6 is 0 Å². The van der Waals surface area contributed by atoms with Gasteiger partial charge in [-0.1, -0.05) is 23.4 Å². The average Bonchev–Trinajstić information content (AvgIpc) is 3.39. The van der Waals surface area contributed by atoms with Crippen LogP contribution in [0.1, 0.15) is 35.6 Å². The van der Waals surface area contributed by atoms with Crippen molar-refractivity contribution in [1.29, 1.82) is 0 Å². The van der Waals surface area contributed by atoms with Gasteiger partial charge in [0.15, 0.2) is 5.76 Å². The summed E-state index contributed by atoms with van der Waals surface area (Å²) in [4.78, 5) is 12.3. The maximum absolute atomic E-state index is 12.8. The average molecular weight is 442 g/mol. The molecule has 162 valence electrons. The van der Waals surface area contributed by atoms with E-state index in [1.807, 2.05) is 0 Å². The molecule has 0 spiro atoms. The molecule has 4 rings (SSSR count). The van der Waals surface area contributed by atoms with Gasteiger partial charge in [-0.2, -0.15) is 4.31 Å². The van der Waals surface area contributed by atoms with Gasteiger partial charge in [0.05, 0.1) is 17.7 Å². The van der Waals surface area contributed by atoms with Gasteiger partial charge in [0.1, 0.15) is 17.1 Å². The number of amides is 1. The fourth-order valence-corrected chi connectivity index (χ4v) is 4.17. The molecule has 0 atom stereocenters. The minimum atomic E-state index is -3.64. The first-order valence-corrected chi connectivity index (χ1v) is 11.3. The maximum Gasteiger partial charge on any atom is 0.243 e. The smallest absolute Gasteiger partial charge is 0.243 e. The molecule has 0 unspecified atom stereocenters. The van der Waals surface area contributed by atoms with Gasteiger partial charge in [-0.25, -0.2) is 8.42 Å². The molecular weight excluding hydrogens is 418 g/mol. The number of benzene rings is 1. The molecule has 2 heterocycles. The van der Waals surface area contributed by atoms with Crippen LogP contribution < -0.4 is 5.32 Å². The van der Waals surface area contributed by atoms with Crippen molar-refractivity contribution in [3.05, 3.63) is 65.4 Å². The van der Waals surface area contributed by atoms with Crippen LogP contribution in [0.2, 0.25) is 0 Å². The summed E-state index contributed by atoms with van der Waals surface area (Å²) in [6.45, 7) is 1.92. The molecule has 0 aliphatic heterocycles. The van der Waals surface area contributed by atoms with E-state index in [1.54, 1.807) is 55.5 Å². The van der Waals surface area contributed by atoms with Crippen LogP contribution in [0, 0.1) is 12.8 Å². The number of aromatic nitrogens is 1. The Morgan fingerprint density at radius 3 is 2.61 bits per heavy atom. The van der Waals surface area contributed by atoms with Crippen LogP contribution in [0.25, 0.3) is 12.2 Å². The highest BCUT2D eigenvalue weighted by molar-refractivity contribution is 7.89. The Kier molecular flexibility index (Phi) is 5.79. The standard InChI is InChI=1S/C22H23N3O5S/c1-15-21(23-22(26)17-8-9-17)20(30-24-15)12-7-16-5-10-19(11-6-16)31(27,28)25(2)14-18-4-3-13-29-18/h3-7,10-13,17H,8-9,14H2,1-2H3,(H,23,26)/b12-7-. The van der Waals surface area contributed by atoms with Gasteiger partial charge < -0.3 is 14.3 Å². The number of aryl methyl sites for hydroxylation is 1. The van der Waals surface area contributed by atoms with E-state index >= 15 is 0 Å². The quantitative estimate of drug-likeness (QED) is 0.568.